The third-order valence-electron chi connectivity index (χ3n) is 9.94. The number of benzene rings is 4. The summed E-state index contributed by atoms with van der Waals surface area (Å²) in [6.45, 7) is 0. The quantitative estimate of drug-likeness (QED) is 0.0785. The molecule has 0 saturated carbocycles. The third-order valence-corrected chi connectivity index (χ3v) is 10.6. The first kappa shape index (κ1) is 42.9. The highest BCUT2D eigenvalue weighted by Gasteiger charge is 2.16. The molecule has 0 radical (unpaired) electrons. The Labute approximate surface area is 367 Å². The predicted molar refractivity (Wildman–Crippen MR) is 241 cm³/mol. The number of carbonyl (C=O) groups excluding carboxylic acids is 4. The first-order valence-corrected chi connectivity index (χ1v) is 20.5. The second kappa shape index (κ2) is 19.9. The van der Waals surface area contributed by atoms with Crippen LogP contribution >= 0.6 is 23.2 Å². The fraction of sp³-hybridized carbons (Fsp3) is 0.174. The number of fused-ring (bicyclic) bond motifs is 2. The smallest absolute Gasteiger partial charge is 0.323 e. The molecular weight excluding hydrogens is 831 g/mol. The van der Waals surface area contributed by atoms with Crippen LogP contribution in [0.1, 0.15) is 56.1 Å². The molecule has 0 atom stereocenters. The van der Waals surface area contributed by atoms with E-state index in [0.29, 0.717) is 44.4 Å². The van der Waals surface area contributed by atoms with Crippen molar-refractivity contribution in [1.29, 1.82) is 0 Å². The van der Waals surface area contributed by atoms with Gasteiger partial charge >= 0.3 is 12.1 Å². The van der Waals surface area contributed by atoms with Gasteiger partial charge in [-0.3, -0.25) is 19.6 Å². The molecule has 0 unspecified atom stereocenters. The van der Waals surface area contributed by atoms with E-state index in [1.165, 1.54) is 60.9 Å². The average molecular weight is 874 g/mol. The van der Waals surface area contributed by atoms with Crippen molar-refractivity contribution < 1.29 is 28.7 Å². The van der Waals surface area contributed by atoms with Gasteiger partial charge in [-0.15, -0.1) is 0 Å². The number of amides is 6. The van der Waals surface area contributed by atoms with Crippen molar-refractivity contribution in [3.05, 3.63) is 153 Å². The Morgan fingerprint density at radius 3 is 1.29 bits per heavy atom. The van der Waals surface area contributed by atoms with Crippen LogP contribution in [0.4, 0.5) is 32.3 Å². The van der Waals surface area contributed by atoms with Crippen molar-refractivity contribution in [3.8, 4) is 23.0 Å². The zero-order valence-electron chi connectivity index (χ0n) is 33.7. The molecule has 0 spiro atoms. The monoisotopic (exact) mass is 872 g/mol. The Morgan fingerprint density at radius 1 is 0.484 bits per heavy atom. The Kier molecular flexibility index (Phi) is 13.8. The number of rotatable bonds is 10. The lowest BCUT2D eigenvalue weighted by molar-refractivity contribution is 0.0950. The minimum absolute atomic E-state index is 0.243. The highest BCUT2D eigenvalue weighted by atomic mass is 35.5. The Morgan fingerprint density at radius 2 is 0.887 bits per heavy atom. The average Bonchev–Trinajstić information content (AvgIpc) is 3.95. The maximum atomic E-state index is 12.4. The van der Waals surface area contributed by atoms with E-state index in [9.17, 15) is 19.2 Å². The van der Waals surface area contributed by atoms with Crippen molar-refractivity contribution >= 4 is 69.8 Å². The van der Waals surface area contributed by atoms with Gasteiger partial charge in [0.25, 0.3) is 11.8 Å². The molecule has 6 aromatic rings. The van der Waals surface area contributed by atoms with Crippen LogP contribution in [-0.4, -0.2) is 47.9 Å². The molecule has 6 amide bonds. The molecule has 4 aromatic carbocycles. The van der Waals surface area contributed by atoms with Crippen LogP contribution in [0.15, 0.2) is 109 Å². The number of carbonyl (C=O) groups is 4. The normalized spacial score (nSPS) is 12.1. The van der Waals surface area contributed by atoms with Gasteiger partial charge in [0.1, 0.15) is 34.4 Å². The van der Waals surface area contributed by atoms with Crippen LogP contribution in [0, 0.1) is 0 Å². The molecule has 2 aliphatic rings. The number of ether oxygens (including phenoxy) is 2. The molecule has 2 aromatic heterocycles. The van der Waals surface area contributed by atoms with Gasteiger partial charge in [-0.2, -0.15) is 0 Å². The highest BCUT2D eigenvalue weighted by molar-refractivity contribution is 6.34. The minimum atomic E-state index is -0.377. The first-order chi connectivity index (χ1) is 30.0. The van der Waals surface area contributed by atoms with E-state index in [-0.39, 0.29) is 35.3 Å². The van der Waals surface area contributed by atoms with Crippen LogP contribution in [-0.2, 0) is 25.7 Å². The number of hydrogen-bond acceptors (Lipinski definition) is 8. The summed E-state index contributed by atoms with van der Waals surface area (Å²) in [7, 11) is 3.06. The molecule has 14 nitrogen and oxygen atoms in total. The predicted octanol–water partition coefficient (Wildman–Crippen LogP) is 10.0. The van der Waals surface area contributed by atoms with Crippen molar-refractivity contribution in [2.45, 2.75) is 38.5 Å². The summed E-state index contributed by atoms with van der Waals surface area (Å²) < 4.78 is 11.5. The highest BCUT2D eigenvalue weighted by Crippen LogP contribution is 2.32. The summed E-state index contributed by atoms with van der Waals surface area (Å²) >= 11 is 12.6. The lowest BCUT2D eigenvalue weighted by Gasteiger charge is -2.12. The minimum Gasteiger partial charge on any atom is -0.457 e. The molecule has 16 heteroatoms. The van der Waals surface area contributed by atoms with E-state index in [2.05, 4.69) is 54.0 Å². The molecule has 8 rings (SSSR count). The number of nitrogens with zero attached hydrogens (tertiary/aromatic N) is 2. The van der Waals surface area contributed by atoms with E-state index in [1.807, 2.05) is 24.3 Å². The van der Waals surface area contributed by atoms with Gasteiger partial charge in [-0.05, 0) is 121 Å². The van der Waals surface area contributed by atoms with Crippen molar-refractivity contribution in [2.24, 2.45) is 0 Å². The molecule has 2 aliphatic carbocycles. The van der Waals surface area contributed by atoms with E-state index in [1.54, 1.807) is 48.5 Å². The molecule has 6 N–H and O–H groups in total. The Bertz CT molecular complexity index is 2480. The van der Waals surface area contributed by atoms with Crippen LogP contribution in [0.2, 0.25) is 10.0 Å². The van der Waals surface area contributed by atoms with Gasteiger partial charge in [-0.1, -0.05) is 35.3 Å². The topological polar surface area (TPSA) is 185 Å². The van der Waals surface area contributed by atoms with Gasteiger partial charge in [0.15, 0.2) is 0 Å². The third kappa shape index (κ3) is 11.2. The van der Waals surface area contributed by atoms with Crippen molar-refractivity contribution in [3.63, 3.8) is 0 Å². The maximum absolute atomic E-state index is 12.4. The van der Waals surface area contributed by atoms with Crippen molar-refractivity contribution in [1.82, 2.24) is 20.6 Å². The summed E-state index contributed by atoms with van der Waals surface area (Å²) in [5.41, 5.74) is 8.16. The van der Waals surface area contributed by atoms with E-state index < -0.39 is 0 Å². The summed E-state index contributed by atoms with van der Waals surface area (Å²) in [4.78, 5) is 56.2. The Hall–Kier alpha value is -7.16. The van der Waals surface area contributed by atoms with Gasteiger partial charge in [0.2, 0.25) is 0 Å². The van der Waals surface area contributed by atoms with Crippen LogP contribution in [0.25, 0.3) is 0 Å². The summed E-state index contributed by atoms with van der Waals surface area (Å²) in [5, 5.41) is 16.8. The summed E-state index contributed by atoms with van der Waals surface area (Å²) in [6, 6.07) is 27.4. The van der Waals surface area contributed by atoms with Crippen LogP contribution < -0.4 is 41.4 Å². The van der Waals surface area contributed by atoms with E-state index in [0.717, 1.165) is 49.9 Å². The van der Waals surface area contributed by atoms with Gasteiger partial charge in [0, 0.05) is 62.1 Å². The van der Waals surface area contributed by atoms with Gasteiger partial charge in [-0.25, -0.2) is 9.59 Å². The number of anilines is 4. The molecule has 0 saturated heterocycles. The number of halogens is 2. The number of nitrogens with one attached hydrogen (secondary N) is 6. The second-order valence-corrected chi connectivity index (χ2v) is 15.0. The van der Waals surface area contributed by atoms with Crippen LogP contribution in [0.3, 0.4) is 0 Å². The molecular formula is C46H42Cl2N8O6. The zero-order valence-corrected chi connectivity index (χ0v) is 35.2. The summed E-state index contributed by atoms with van der Waals surface area (Å²) in [6.07, 6.45) is 9.56. The zero-order chi connectivity index (χ0) is 43.6. The maximum Gasteiger partial charge on any atom is 0.323 e. The molecule has 62 heavy (non-hydrogen) atoms. The molecule has 316 valence electrons. The standard InChI is InChI=1S/2C23H21ClN4O3/c2*1-25-22(29)21-13-18(9-10-26-21)31-17-7-8-20(19(24)12-17)28-23(30)27-16-6-5-14-3-2-4-15(14)11-16/h2*5-13H,2-4H2,1H3,(H,25,29)(H2,27,28,30). The molecule has 2 heterocycles. The molecule has 0 aliphatic heterocycles. The number of pyridine rings is 2. The lowest BCUT2D eigenvalue weighted by Crippen LogP contribution is -2.19. The van der Waals surface area contributed by atoms with E-state index in [4.69, 9.17) is 32.7 Å². The van der Waals surface area contributed by atoms with Gasteiger partial charge < -0.3 is 41.4 Å². The Balaban J connectivity index is 0.000000186. The lowest BCUT2D eigenvalue weighted by atomic mass is 10.1. The van der Waals surface area contributed by atoms with Gasteiger partial charge in [0.05, 0.1) is 21.4 Å². The first-order valence-electron chi connectivity index (χ1n) is 19.7. The number of aromatic nitrogens is 2. The summed E-state index contributed by atoms with van der Waals surface area (Å²) in [5.74, 6) is 1.20. The molecule has 0 fully saturated rings. The van der Waals surface area contributed by atoms with Crippen LogP contribution in [0.5, 0.6) is 23.0 Å². The fourth-order valence-electron chi connectivity index (χ4n) is 6.92. The second-order valence-electron chi connectivity index (χ2n) is 14.2. The number of hydrogen-bond donors (Lipinski definition) is 6. The number of aryl methyl sites for hydroxylation is 4. The van der Waals surface area contributed by atoms with Crippen molar-refractivity contribution in [2.75, 3.05) is 35.4 Å². The number of urea groups is 2. The van der Waals surface area contributed by atoms with E-state index >= 15 is 0 Å². The fourth-order valence-corrected chi connectivity index (χ4v) is 7.35. The largest absolute Gasteiger partial charge is 0.457 e. The SMILES string of the molecule is CNC(=O)c1cc(Oc2ccc(NC(=O)Nc3ccc4c(c3)CCC4)c(Cl)c2)ccn1.CNC(=O)c1cc(Oc2ccc(NC(=O)Nc3ccc4c(c3)CCC4)c(Cl)c2)ccn1. The molecule has 0 bridgehead atoms.